The summed E-state index contributed by atoms with van der Waals surface area (Å²) in [7, 11) is 0. The van der Waals surface area contributed by atoms with E-state index < -0.39 is 0 Å². The van der Waals surface area contributed by atoms with Crippen LogP contribution in [0, 0.1) is 0 Å². The average molecular weight is 328 g/mol. The van der Waals surface area contributed by atoms with Crippen molar-refractivity contribution in [1.29, 1.82) is 0 Å². The Hall–Kier alpha value is -2.10. The van der Waals surface area contributed by atoms with Crippen LogP contribution in [-0.4, -0.2) is 35.1 Å². The van der Waals surface area contributed by atoms with Crippen LogP contribution < -0.4 is 0 Å². The Morgan fingerprint density at radius 3 is 2.35 bits per heavy atom. The van der Waals surface area contributed by atoms with E-state index in [2.05, 4.69) is 0 Å². The fourth-order valence-corrected chi connectivity index (χ4v) is 2.96. The number of carbonyl (C=O) groups is 1. The molecule has 0 fully saturated rings. The second-order valence-electron chi connectivity index (χ2n) is 5.69. The molecule has 4 heteroatoms. The summed E-state index contributed by atoms with van der Waals surface area (Å²) in [5.74, 6) is -0.0392. The zero-order valence-electron chi connectivity index (χ0n) is 12.9. The van der Waals surface area contributed by atoms with Crippen molar-refractivity contribution in [2.24, 2.45) is 0 Å². The molecule has 23 heavy (non-hydrogen) atoms. The van der Waals surface area contributed by atoms with Gasteiger partial charge in [-0.05, 0) is 35.8 Å². The Bertz CT molecular complexity index is 738. The molecule has 0 saturated heterocycles. The van der Waals surface area contributed by atoms with Crippen molar-refractivity contribution in [3.63, 3.8) is 0 Å². The lowest BCUT2D eigenvalue weighted by molar-refractivity contribution is -0.126. The van der Waals surface area contributed by atoms with Crippen molar-refractivity contribution in [3.8, 4) is 0 Å². The maximum absolute atomic E-state index is 12.9. The summed E-state index contributed by atoms with van der Waals surface area (Å²) >= 11 is 5.98. The van der Waals surface area contributed by atoms with E-state index in [-0.39, 0.29) is 18.6 Å². The number of amides is 1. The van der Waals surface area contributed by atoms with Crippen molar-refractivity contribution in [2.45, 2.75) is 13.0 Å². The molecular weight excluding hydrogens is 310 g/mol. The molecule has 0 spiro atoms. The van der Waals surface area contributed by atoms with E-state index in [1.807, 2.05) is 61.5 Å². The first-order chi connectivity index (χ1) is 11.1. The van der Waals surface area contributed by atoms with Gasteiger partial charge in [0.15, 0.2) is 0 Å². The molecule has 1 heterocycles. The van der Waals surface area contributed by atoms with Crippen molar-refractivity contribution >= 4 is 28.7 Å². The number of aliphatic hydroxyl groups is 1. The second kappa shape index (κ2) is 6.57. The van der Waals surface area contributed by atoms with Crippen LogP contribution in [0.2, 0.25) is 5.02 Å². The summed E-state index contributed by atoms with van der Waals surface area (Å²) in [6, 6.07) is 17.0. The molecule has 0 aromatic heterocycles. The SMILES string of the molecule is C[C@@H](CO)N1CC(c2ccc(Cl)cc2)=C(c2ccccc2)C1=O. The standard InChI is InChI=1S/C19H18ClNO2/c1-13(12-22)21-11-17(14-7-9-16(20)10-8-14)18(19(21)23)15-5-3-2-4-6-15/h2-10,13,22H,11-12H2,1H3/t13-/m0/s1. The topological polar surface area (TPSA) is 40.5 Å². The van der Waals surface area contributed by atoms with Gasteiger partial charge in [0.05, 0.1) is 18.2 Å². The van der Waals surface area contributed by atoms with Gasteiger partial charge in [-0.1, -0.05) is 54.1 Å². The molecule has 1 aliphatic rings. The molecule has 3 rings (SSSR count). The lowest BCUT2D eigenvalue weighted by Crippen LogP contribution is -2.37. The van der Waals surface area contributed by atoms with E-state index in [9.17, 15) is 9.90 Å². The van der Waals surface area contributed by atoms with Gasteiger partial charge in [-0.2, -0.15) is 0 Å². The van der Waals surface area contributed by atoms with E-state index in [4.69, 9.17) is 11.6 Å². The molecule has 1 N–H and O–H groups in total. The highest BCUT2D eigenvalue weighted by Crippen LogP contribution is 2.35. The number of hydrogen-bond donors (Lipinski definition) is 1. The van der Waals surface area contributed by atoms with Crippen molar-refractivity contribution in [1.82, 2.24) is 4.90 Å². The number of halogens is 1. The summed E-state index contributed by atoms with van der Waals surface area (Å²) in [5, 5.41) is 10.1. The van der Waals surface area contributed by atoms with Gasteiger partial charge in [0.25, 0.3) is 5.91 Å². The number of carbonyl (C=O) groups excluding carboxylic acids is 1. The maximum Gasteiger partial charge on any atom is 0.255 e. The minimum atomic E-state index is -0.217. The van der Waals surface area contributed by atoms with E-state index >= 15 is 0 Å². The van der Waals surface area contributed by atoms with Gasteiger partial charge in [0.2, 0.25) is 0 Å². The molecule has 0 bridgehead atoms. The molecule has 1 aliphatic heterocycles. The first-order valence-corrected chi connectivity index (χ1v) is 7.96. The highest BCUT2D eigenvalue weighted by molar-refractivity contribution is 6.31. The van der Waals surface area contributed by atoms with E-state index in [1.165, 1.54) is 0 Å². The Balaban J connectivity index is 2.11. The molecule has 1 atom stereocenters. The fraction of sp³-hybridized carbons (Fsp3) is 0.211. The van der Waals surface area contributed by atoms with Gasteiger partial charge < -0.3 is 10.0 Å². The number of nitrogens with zero attached hydrogens (tertiary/aromatic N) is 1. The third-order valence-electron chi connectivity index (χ3n) is 4.16. The van der Waals surface area contributed by atoms with Gasteiger partial charge in [-0.15, -0.1) is 0 Å². The first kappa shape index (κ1) is 15.8. The average Bonchev–Trinajstić information content (AvgIpc) is 2.93. The molecule has 1 amide bonds. The van der Waals surface area contributed by atoms with Crippen LogP contribution in [0.15, 0.2) is 54.6 Å². The van der Waals surface area contributed by atoms with Crippen LogP contribution in [0.1, 0.15) is 18.1 Å². The number of rotatable bonds is 4. The minimum Gasteiger partial charge on any atom is -0.394 e. The summed E-state index contributed by atoms with van der Waals surface area (Å²) in [6.07, 6.45) is 0. The normalized spacial score (nSPS) is 16.1. The zero-order chi connectivity index (χ0) is 16.4. The Morgan fingerprint density at radius 1 is 1.09 bits per heavy atom. The molecule has 118 valence electrons. The van der Waals surface area contributed by atoms with Gasteiger partial charge in [0.1, 0.15) is 0 Å². The summed E-state index contributed by atoms with van der Waals surface area (Å²) in [5.41, 5.74) is 3.55. The largest absolute Gasteiger partial charge is 0.394 e. The molecule has 0 saturated carbocycles. The molecular formula is C19H18ClNO2. The lowest BCUT2D eigenvalue weighted by Gasteiger charge is -2.23. The quantitative estimate of drug-likeness (QED) is 0.934. The smallest absolute Gasteiger partial charge is 0.255 e. The Kier molecular flexibility index (Phi) is 4.51. The van der Waals surface area contributed by atoms with Crippen LogP contribution in [0.5, 0.6) is 0 Å². The van der Waals surface area contributed by atoms with Gasteiger partial charge in [-0.3, -0.25) is 4.79 Å². The number of hydrogen-bond acceptors (Lipinski definition) is 2. The monoisotopic (exact) mass is 327 g/mol. The zero-order valence-corrected chi connectivity index (χ0v) is 13.6. The summed E-state index contributed by atoms with van der Waals surface area (Å²) < 4.78 is 0. The highest BCUT2D eigenvalue weighted by Gasteiger charge is 2.34. The molecule has 0 aliphatic carbocycles. The van der Waals surface area contributed by atoms with E-state index in [0.717, 1.165) is 16.7 Å². The predicted octanol–water partition coefficient (Wildman–Crippen LogP) is 3.47. The number of benzene rings is 2. The van der Waals surface area contributed by atoms with Crippen LogP contribution in [-0.2, 0) is 4.79 Å². The first-order valence-electron chi connectivity index (χ1n) is 7.58. The van der Waals surface area contributed by atoms with Crippen LogP contribution in [0.3, 0.4) is 0 Å². The van der Waals surface area contributed by atoms with Crippen LogP contribution in [0.4, 0.5) is 0 Å². The van der Waals surface area contributed by atoms with E-state index in [0.29, 0.717) is 17.1 Å². The predicted molar refractivity (Wildman–Crippen MR) is 93.0 cm³/mol. The molecule has 0 radical (unpaired) electrons. The molecule has 2 aromatic rings. The highest BCUT2D eigenvalue weighted by atomic mass is 35.5. The van der Waals surface area contributed by atoms with Gasteiger partial charge in [-0.25, -0.2) is 0 Å². The summed E-state index contributed by atoms with van der Waals surface area (Å²) in [4.78, 5) is 14.6. The minimum absolute atomic E-state index is 0.0392. The summed E-state index contributed by atoms with van der Waals surface area (Å²) in [6.45, 7) is 2.29. The Morgan fingerprint density at radius 2 is 1.74 bits per heavy atom. The van der Waals surface area contributed by atoms with Gasteiger partial charge in [0, 0.05) is 11.6 Å². The van der Waals surface area contributed by atoms with Crippen molar-refractivity contribution < 1.29 is 9.90 Å². The Labute approximate surface area is 140 Å². The van der Waals surface area contributed by atoms with Gasteiger partial charge >= 0.3 is 0 Å². The molecule has 0 unspecified atom stereocenters. The maximum atomic E-state index is 12.9. The van der Waals surface area contributed by atoms with Crippen LogP contribution in [0.25, 0.3) is 11.1 Å². The lowest BCUT2D eigenvalue weighted by atomic mass is 9.97. The van der Waals surface area contributed by atoms with Crippen molar-refractivity contribution in [3.05, 3.63) is 70.7 Å². The third kappa shape index (κ3) is 3.03. The van der Waals surface area contributed by atoms with E-state index in [1.54, 1.807) is 4.90 Å². The fourth-order valence-electron chi connectivity index (χ4n) is 2.84. The molecule has 2 aromatic carbocycles. The molecule has 3 nitrogen and oxygen atoms in total. The van der Waals surface area contributed by atoms with Crippen molar-refractivity contribution in [2.75, 3.05) is 13.2 Å². The van der Waals surface area contributed by atoms with Crippen LogP contribution >= 0.6 is 11.6 Å². The second-order valence-corrected chi connectivity index (χ2v) is 6.13. The third-order valence-corrected chi connectivity index (χ3v) is 4.41. The number of aliphatic hydroxyl groups excluding tert-OH is 1.